The number of hydrogen-bond donors (Lipinski definition) is 1. The second-order valence-electron chi connectivity index (χ2n) is 5.62. The lowest BCUT2D eigenvalue weighted by atomic mass is 9.87. The minimum Gasteiger partial charge on any atom is -0.507 e. The molecule has 1 rings (SSSR count). The van der Waals surface area contributed by atoms with Crippen molar-refractivity contribution >= 4 is 21.8 Å². The summed E-state index contributed by atoms with van der Waals surface area (Å²) in [6.45, 7) is 8.32. The van der Waals surface area contributed by atoms with Crippen LogP contribution in [0.2, 0.25) is 0 Å². The number of rotatable bonds is 2. The van der Waals surface area contributed by atoms with E-state index in [0.29, 0.717) is 10.0 Å². The predicted molar refractivity (Wildman–Crippen MR) is 76.8 cm³/mol. The number of nitrogens with zero attached hydrogens (tertiary/aromatic N) is 1. The highest BCUT2D eigenvalue weighted by molar-refractivity contribution is 9.10. The first-order chi connectivity index (χ1) is 8.14. The van der Waals surface area contributed by atoms with E-state index in [2.05, 4.69) is 36.7 Å². The van der Waals surface area contributed by atoms with Crippen molar-refractivity contribution in [3.05, 3.63) is 28.2 Å². The van der Waals surface area contributed by atoms with Gasteiger partial charge in [0.25, 0.3) is 5.91 Å². The fraction of sp³-hybridized carbons (Fsp3) is 0.500. The molecular formula is C14H20BrNO2. The molecule has 0 radical (unpaired) electrons. The summed E-state index contributed by atoms with van der Waals surface area (Å²) in [4.78, 5) is 14.0. The van der Waals surface area contributed by atoms with Gasteiger partial charge in [0.05, 0.1) is 4.47 Å². The first kappa shape index (κ1) is 15.0. The van der Waals surface area contributed by atoms with Crippen LogP contribution in [0.15, 0.2) is 22.7 Å². The van der Waals surface area contributed by atoms with Crippen molar-refractivity contribution in [2.75, 3.05) is 7.05 Å². The number of phenolic OH excluding ortho intramolecular Hbond substituents is 1. The molecule has 100 valence electrons. The van der Waals surface area contributed by atoms with E-state index in [4.69, 9.17) is 0 Å². The highest BCUT2D eigenvalue weighted by atomic mass is 79.9. The van der Waals surface area contributed by atoms with E-state index in [1.54, 1.807) is 24.1 Å². The maximum absolute atomic E-state index is 12.3. The Morgan fingerprint density at radius 3 is 2.39 bits per heavy atom. The number of carbonyl (C=O) groups is 1. The maximum Gasteiger partial charge on any atom is 0.253 e. The van der Waals surface area contributed by atoms with Crippen LogP contribution < -0.4 is 0 Å². The molecule has 3 nitrogen and oxygen atoms in total. The molecule has 0 heterocycles. The van der Waals surface area contributed by atoms with Crippen LogP contribution in [0.25, 0.3) is 0 Å². The number of carbonyl (C=O) groups excluding carboxylic acids is 1. The van der Waals surface area contributed by atoms with Gasteiger partial charge in [-0.2, -0.15) is 0 Å². The van der Waals surface area contributed by atoms with Gasteiger partial charge in [0.15, 0.2) is 0 Å². The number of aromatic hydroxyl groups is 1. The fourth-order valence-electron chi connectivity index (χ4n) is 1.61. The second-order valence-corrected chi connectivity index (χ2v) is 6.48. The van der Waals surface area contributed by atoms with Crippen LogP contribution in [0.4, 0.5) is 0 Å². The number of benzene rings is 1. The number of phenols is 1. The first-order valence-electron chi connectivity index (χ1n) is 5.90. The lowest BCUT2D eigenvalue weighted by Crippen LogP contribution is -2.42. The molecule has 0 aliphatic rings. The molecule has 0 spiro atoms. The SMILES string of the molecule is CC(N(C)C(=O)c1ccc(Br)c(O)c1)C(C)(C)C. The Bertz CT molecular complexity index is 452. The molecule has 1 unspecified atom stereocenters. The Morgan fingerprint density at radius 1 is 1.39 bits per heavy atom. The minimum atomic E-state index is -0.0831. The van der Waals surface area contributed by atoms with E-state index in [0.717, 1.165) is 0 Å². The van der Waals surface area contributed by atoms with E-state index < -0.39 is 0 Å². The van der Waals surface area contributed by atoms with Crippen molar-refractivity contribution < 1.29 is 9.90 Å². The molecule has 0 aromatic heterocycles. The van der Waals surface area contributed by atoms with E-state index in [1.165, 1.54) is 6.07 Å². The zero-order chi connectivity index (χ0) is 14.1. The van der Waals surface area contributed by atoms with Gasteiger partial charge in [-0.1, -0.05) is 20.8 Å². The summed E-state index contributed by atoms with van der Waals surface area (Å²) in [5.74, 6) is -0.00196. The van der Waals surface area contributed by atoms with Crippen molar-refractivity contribution in [2.45, 2.75) is 33.7 Å². The zero-order valence-electron chi connectivity index (χ0n) is 11.5. The van der Waals surface area contributed by atoms with Crippen molar-refractivity contribution in [1.82, 2.24) is 4.90 Å². The third-order valence-corrected chi connectivity index (χ3v) is 4.02. The van der Waals surface area contributed by atoms with Crippen molar-refractivity contribution in [2.24, 2.45) is 5.41 Å². The van der Waals surface area contributed by atoms with Gasteiger partial charge in [-0.15, -0.1) is 0 Å². The van der Waals surface area contributed by atoms with Crippen molar-refractivity contribution in [3.63, 3.8) is 0 Å². The standard InChI is InChI=1S/C14H20BrNO2/c1-9(14(2,3)4)16(5)13(18)10-6-7-11(15)12(17)8-10/h6-9,17H,1-5H3. The number of halogens is 1. The normalized spacial score (nSPS) is 13.2. The second kappa shape index (κ2) is 5.31. The van der Waals surface area contributed by atoms with Crippen LogP contribution in [0.5, 0.6) is 5.75 Å². The van der Waals surface area contributed by atoms with Crippen LogP contribution in [0, 0.1) is 5.41 Å². The highest BCUT2D eigenvalue weighted by Gasteiger charge is 2.27. The molecule has 18 heavy (non-hydrogen) atoms. The van der Waals surface area contributed by atoms with Crippen LogP contribution in [-0.4, -0.2) is 29.0 Å². The Labute approximate surface area is 117 Å². The van der Waals surface area contributed by atoms with Crippen LogP contribution in [-0.2, 0) is 0 Å². The topological polar surface area (TPSA) is 40.5 Å². The van der Waals surface area contributed by atoms with Crippen molar-refractivity contribution in [1.29, 1.82) is 0 Å². The Kier molecular flexibility index (Phi) is 4.43. The molecule has 1 aromatic carbocycles. The summed E-state index contributed by atoms with van der Waals surface area (Å²) in [6, 6.07) is 4.98. The number of amides is 1. The Balaban J connectivity index is 2.97. The third-order valence-electron chi connectivity index (χ3n) is 3.35. The van der Waals surface area contributed by atoms with E-state index in [1.807, 2.05) is 6.92 Å². The molecule has 0 bridgehead atoms. The molecule has 0 fully saturated rings. The monoisotopic (exact) mass is 313 g/mol. The minimum absolute atomic E-state index is 0.0157. The van der Waals surface area contributed by atoms with E-state index in [-0.39, 0.29) is 23.1 Å². The van der Waals surface area contributed by atoms with Gasteiger partial charge >= 0.3 is 0 Å². The van der Waals surface area contributed by atoms with Gasteiger partial charge < -0.3 is 10.0 Å². The lowest BCUT2D eigenvalue weighted by molar-refractivity contribution is 0.0629. The van der Waals surface area contributed by atoms with Gasteiger partial charge in [-0.3, -0.25) is 4.79 Å². The van der Waals surface area contributed by atoms with Crippen molar-refractivity contribution in [3.8, 4) is 5.75 Å². The summed E-state index contributed by atoms with van der Waals surface area (Å²) in [5.41, 5.74) is 0.510. The van der Waals surface area contributed by atoms with E-state index in [9.17, 15) is 9.90 Å². The summed E-state index contributed by atoms with van der Waals surface area (Å²) in [5, 5.41) is 9.61. The quantitative estimate of drug-likeness (QED) is 0.905. The van der Waals surface area contributed by atoms with Gasteiger partial charge in [0.2, 0.25) is 0 Å². The summed E-state index contributed by atoms with van der Waals surface area (Å²) < 4.78 is 0.588. The molecule has 4 heteroatoms. The summed E-state index contributed by atoms with van der Waals surface area (Å²) in [6.07, 6.45) is 0. The van der Waals surface area contributed by atoms with Gasteiger partial charge in [-0.05, 0) is 46.5 Å². The molecule has 1 atom stereocenters. The molecule has 1 N–H and O–H groups in total. The highest BCUT2D eigenvalue weighted by Crippen LogP contribution is 2.27. The largest absolute Gasteiger partial charge is 0.507 e. The van der Waals surface area contributed by atoms with E-state index >= 15 is 0 Å². The molecular weight excluding hydrogens is 294 g/mol. The Morgan fingerprint density at radius 2 is 1.94 bits per heavy atom. The third kappa shape index (κ3) is 3.25. The average Bonchev–Trinajstić information content (AvgIpc) is 2.28. The fourth-order valence-corrected chi connectivity index (χ4v) is 1.85. The maximum atomic E-state index is 12.3. The molecule has 1 amide bonds. The smallest absolute Gasteiger partial charge is 0.253 e. The Hall–Kier alpha value is -1.03. The summed E-state index contributed by atoms with van der Waals surface area (Å²) in [7, 11) is 1.79. The lowest BCUT2D eigenvalue weighted by Gasteiger charge is -2.35. The average molecular weight is 314 g/mol. The van der Waals surface area contributed by atoms with Crippen LogP contribution >= 0.6 is 15.9 Å². The van der Waals surface area contributed by atoms with Crippen LogP contribution in [0.3, 0.4) is 0 Å². The van der Waals surface area contributed by atoms with Gasteiger partial charge in [0, 0.05) is 18.7 Å². The molecule has 0 saturated heterocycles. The molecule has 1 aromatic rings. The first-order valence-corrected chi connectivity index (χ1v) is 6.69. The van der Waals surface area contributed by atoms with Gasteiger partial charge in [0.1, 0.15) is 5.75 Å². The predicted octanol–water partition coefficient (Wildman–Crippen LogP) is 3.66. The van der Waals surface area contributed by atoms with Crippen LogP contribution in [0.1, 0.15) is 38.1 Å². The zero-order valence-corrected chi connectivity index (χ0v) is 13.1. The molecule has 0 aliphatic heterocycles. The summed E-state index contributed by atoms with van der Waals surface area (Å²) >= 11 is 3.20. The molecule has 0 aliphatic carbocycles. The molecule has 0 saturated carbocycles. The van der Waals surface area contributed by atoms with Gasteiger partial charge in [-0.25, -0.2) is 0 Å². The number of hydrogen-bond acceptors (Lipinski definition) is 2.